The summed E-state index contributed by atoms with van der Waals surface area (Å²) in [5.74, 6) is -0.450. The summed E-state index contributed by atoms with van der Waals surface area (Å²) in [4.78, 5) is 24.6. The molecule has 1 aliphatic rings. The predicted octanol–water partition coefficient (Wildman–Crippen LogP) is -0.413. The fourth-order valence-electron chi connectivity index (χ4n) is 1.48. The maximum Gasteiger partial charge on any atom is 0.244 e. The molecule has 86 valence electrons. The predicted molar refractivity (Wildman–Crippen MR) is 55.7 cm³/mol. The van der Waals surface area contributed by atoms with Gasteiger partial charge in [0.25, 0.3) is 0 Å². The zero-order chi connectivity index (χ0) is 11.4. The van der Waals surface area contributed by atoms with Crippen molar-refractivity contribution in [2.75, 3.05) is 26.8 Å². The maximum atomic E-state index is 11.7. The van der Waals surface area contributed by atoms with Crippen LogP contribution < -0.4 is 5.32 Å². The molecule has 1 saturated heterocycles. The van der Waals surface area contributed by atoms with Gasteiger partial charge in [-0.2, -0.15) is 0 Å². The van der Waals surface area contributed by atoms with E-state index in [1.165, 1.54) is 11.9 Å². The smallest absolute Gasteiger partial charge is 0.244 e. The Morgan fingerprint density at radius 3 is 2.80 bits per heavy atom. The van der Waals surface area contributed by atoms with Crippen LogP contribution in [-0.2, 0) is 14.3 Å². The third-order valence-electron chi connectivity index (χ3n) is 2.30. The van der Waals surface area contributed by atoms with Gasteiger partial charge in [0.05, 0.1) is 13.2 Å². The summed E-state index contributed by atoms with van der Waals surface area (Å²) in [6.45, 7) is 2.69. The van der Waals surface area contributed by atoms with Crippen molar-refractivity contribution in [3.05, 3.63) is 0 Å². The standard InChI is InChI=1S/C9H15ClN2O3/c1-6(10)9(14)12-3-4-15-5-7(12)8(13)11-2/h6-7H,3-5H2,1-2H3,(H,11,13). The molecule has 0 aromatic carbocycles. The van der Waals surface area contributed by atoms with Crippen LogP contribution in [0.3, 0.4) is 0 Å². The van der Waals surface area contributed by atoms with Crippen molar-refractivity contribution in [1.82, 2.24) is 10.2 Å². The van der Waals surface area contributed by atoms with Gasteiger partial charge in [-0.25, -0.2) is 0 Å². The van der Waals surface area contributed by atoms with Gasteiger partial charge in [-0.3, -0.25) is 9.59 Å². The van der Waals surface area contributed by atoms with E-state index in [1.54, 1.807) is 6.92 Å². The Bertz CT molecular complexity index is 258. The second kappa shape index (κ2) is 5.32. The normalized spacial score (nSPS) is 23.4. The Labute approximate surface area is 93.7 Å². The lowest BCUT2D eigenvalue weighted by Crippen LogP contribution is -2.56. The number of hydrogen-bond donors (Lipinski definition) is 1. The minimum atomic E-state index is -0.616. The number of halogens is 1. The van der Waals surface area contributed by atoms with Crippen LogP contribution in [0.25, 0.3) is 0 Å². The highest BCUT2D eigenvalue weighted by Gasteiger charge is 2.33. The van der Waals surface area contributed by atoms with Crippen LogP contribution in [0.4, 0.5) is 0 Å². The molecular formula is C9H15ClN2O3. The highest BCUT2D eigenvalue weighted by molar-refractivity contribution is 6.30. The summed E-state index contributed by atoms with van der Waals surface area (Å²) in [6, 6.07) is -0.558. The molecule has 1 N–H and O–H groups in total. The summed E-state index contributed by atoms with van der Waals surface area (Å²) in [6.07, 6.45) is 0. The van der Waals surface area contributed by atoms with Gasteiger partial charge in [0.2, 0.25) is 11.8 Å². The Morgan fingerprint density at radius 2 is 2.27 bits per heavy atom. The first kappa shape index (κ1) is 12.3. The first-order chi connectivity index (χ1) is 7.07. The van der Waals surface area contributed by atoms with E-state index < -0.39 is 11.4 Å². The molecule has 1 fully saturated rings. The van der Waals surface area contributed by atoms with Crippen molar-refractivity contribution in [2.24, 2.45) is 0 Å². The quantitative estimate of drug-likeness (QED) is 0.661. The third kappa shape index (κ3) is 2.82. The number of morpholine rings is 1. The first-order valence-corrected chi connectivity index (χ1v) is 5.25. The number of carbonyl (C=O) groups is 2. The molecule has 0 aromatic heterocycles. The zero-order valence-corrected chi connectivity index (χ0v) is 9.58. The minimum Gasteiger partial charge on any atom is -0.377 e. The van der Waals surface area contributed by atoms with Crippen molar-refractivity contribution >= 4 is 23.4 Å². The Hall–Kier alpha value is -0.810. The van der Waals surface area contributed by atoms with E-state index in [4.69, 9.17) is 16.3 Å². The Balaban J connectivity index is 2.73. The van der Waals surface area contributed by atoms with E-state index in [0.717, 1.165) is 0 Å². The monoisotopic (exact) mass is 234 g/mol. The van der Waals surface area contributed by atoms with Crippen molar-refractivity contribution in [3.63, 3.8) is 0 Å². The van der Waals surface area contributed by atoms with Crippen molar-refractivity contribution in [1.29, 1.82) is 0 Å². The molecule has 2 atom stereocenters. The van der Waals surface area contributed by atoms with E-state index in [9.17, 15) is 9.59 Å². The van der Waals surface area contributed by atoms with Crippen LogP contribution in [0, 0.1) is 0 Å². The van der Waals surface area contributed by atoms with Crippen molar-refractivity contribution in [3.8, 4) is 0 Å². The topological polar surface area (TPSA) is 58.6 Å². The highest BCUT2D eigenvalue weighted by atomic mass is 35.5. The molecule has 0 spiro atoms. The molecule has 1 aliphatic heterocycles. The molecule has 5 nitrogen and oxygen atoms in total. The van der Waals surface area contributed by atoms with Crippen LogP contribution >= 0.6 is 11.6 Å². The van der Waals surface area contributed by atoms with Gasteiger partial charge in [0.15, 0.2) is 0 Å². The van der Waals surface area contributed by atoms with Gasteiger partial charge < -0.3 is 15.0 Å². The number of nitrogens with zero attached hydrogens (tertiary/aromatic N) is 1. The number of carbonyl (C=O) groups excluding carboxylic acids is 2. The van der Waals surface area contributed by atoms with Gasteiger partial charge in [0.1, 0.15) is 11.4 Å². The fraction of sp³-hybridized carbons (Fsp3) is 0.778. The number of rotatable bonds is 2. The summed E-state index contributed by atoms with van der Waals surface area (Å²) < 4.78 is 5.17. The highest BCUT2D eigenvalue weighted by Crippen LogP contribution is 2.11. The first-order valence-electron chi connectivity index (χ1n) is 4.81. The van der Waals surface area contributed by atoms with Crippen molar-refractivity contribution < 1.29 is 14.3 Å². The summed E-state index contributed by atoms with van der Waals surface area (Å²) in [5.41, 5.74) is 0. The average molecular weight is 235 g/mol. The number of hydrogen-bond acceptors (Lipinski definition) is 3. The van der Waals surface area contributed by atoms with Gasteiger partial charge in [0, 0.05) is 13.6 Å². The molecule has 0 aromatic rings. The summed E-state index contributed by atoms with van der Waals surface area (Å²) in [7, 11) is 1.53. The van der Waals surface area contributed by atoms with Crippen LogP contribution in [0.2, 0.25) is 0 Å². The number of ether oxygens (including phenoxy) is 1. The second-order valence-corrected chi connectivity index (χ2v) is 4.01. The number of nitrogens with one attached hydrogen (secondary N) is 1. The molecule has 2 amide bonds. The SMILES string of the molecule is CNC(=O)C1COCCN1C(=O)C(C)Cl. The van der Waals surface area contributed by atoms with Crippen LogP contribution in [0.5, 0.6) is 0 Å². The minimum absolute atomic E-state index is 0.222. The number of amides is 2. The molecule has 0 bridgehead atoms. The van der Waals surface area contributed by atoms with Gasteiger partial charge in [-0.1, -0.05) is 0 Å². The van der Waals surface area contributed by atoms with Crippen LogP contribution in [-0.4, -0.2) is 54.9 Å². The van der Waals surface area contributed by atoms with Crippen molar-refractivity contribution in [2.45, 2.75) is 18.3 Å². The van der Waals surface area contributed by atoms with Gasteiger partial charge >= 0.3 is 0 Å². The summed E-state index contributed by atoms with van der Waals surface area (Å²) in [5, 5.41) is 1.89. The Morgan fingerprint density at radius 1 is 1.60 bits per heavy atom. The van der Waals surface area contributed by atoms with E-state index >= 15 is 0 Å². The number of likely N-dealkylation sites (N-methyl/N-ethyl adjacent to an activating group) is 1. The van der Waals surface area contributed by atoms with E-state index in [0.29, 0.717) is 13.2 Å². The lowest BCUT2D eigenvalue weighted by Gasteiger charge is -2.34. The molecule has 0 radical (unpaired) electrons. The summed E-state index contributed by atoms with van der Waals surface area (Å²) >= 11 is 5.71. The van der Waals surface area contributed by atoms with E-state index in [-0.39, 0.29) is 18.4 Å². The molecule has 2 unspecified atom stereocenters. The molecule has 6 heteroatoms. The Kier molecular flexibility index (Phi) is 4.35. The van der Waals surface area contributed by atoms with Crippen LogP contribution in [0.15, 0.2) is 0 Å². The zero-order valence-electron chi connectivity index (χ0n) is 8.83. The lowest BCUT2D eigenvalue weighted by molar-refractivity contribution is -0.147. The largest absolute Gasteiger partial charge is 0.377 e. The average Bonchev–Trinajstić information content (AvgIpc) is 2.27. The molecule has 0 saturated carbocycles. The molecule has 15 heavy (non-hydrogen) atoms. The van der Waals surface area contributed by atoms with E-state index in [1.807, 2.05) is 0 Å². The van der Waals surface area contributed by atoms with Crippen LogP contribution in [0.1, 0.15) is 6.92 Å². The third-order valence-corrected chi connectivity index (χ3v) is 2.49. The molecule has 0 aliphatic carbocycles. The molecule has 1 rings (SSSR count). The molecule has 1 heterocycles. The second-order valence-electron chi connectivity index (χ2n) is 3.35. The fourth-order valence-corrected chi connectivity index (χ4v) is 1.61. The van der Waals surface area contributed by atoms with Gasteiger partial charge in [-0.15, -0.1) is 11.6 Å². The van der Waals surface area contributed by atoms with Gasteiger partial charge in [-0.05, 0) is 6.92 Å². The molecular weight excluding hydrogens is 220 g/mol. The number of alkyl halides is 1. The maximum absolute atomic E-state index is 11.7. The van der Waals surface area contributed by atoms with E-state index in [2.05, 4.69) is 5.32 Å². The lowest BCUT2D eigenvalue weighted by atomic mass is 10.2.